The predicted octanol–water partition coefficient (Wildman–Crippen LogP) is 0.551. The van der Waals surface area contributed by atoms with Gasteiger partial charge in [0.2, 0.25) is 11.8 Å². The number of hydrogen-bond donors (Lipinski definition) is 3. The third kappa shape index (κ3) is 9.10. The minimum Gasteiger partial charge on any atom is -0.481 e. The number of unbranched alkanes of at least 4 members (excludes halogenated alkanes) is 2. The molecule has 0 aromatic carbocycles. The number of carboxylic acids is 1. The first-order chi connectivity index (χ1) is 14.5. The van der Waals surface area contributed by atoms with Crippen molar-refractivity contribution in [3.8, 4) is 0 Å². The molecule has 10 heteroatoms. The van der Waals surface area contributed by atoms with Crippen molar-refractivity contribution < 1.29 is 33.9 Å². The minimum atomic E-state index is -1.07. The molecule has 1 aliphatic rings. The van der Waals surface area contributed by atoms with Gasteiger partial charge in [-0.25, -0.2) is 0 Å². The second-order valence-electron chi connectivity index (χ2n) is 7.87. The van der Waals surface area contributed by atoms with Crippen molar-refractivity contribution in [2.75, 3.05) is 6.54 Å². The number of amides is 4. The second-order valence-corrected chi connectivity index (χ2v) is 7.87. The largest absolute Gasteiger partial charge is 0.481 e. The Morgan fingerprint density at radius 1 is 0.968 bits per heavy atom. The van der Waals surface area contributed by atoms with Crippen molar-refractivity contribution in [3.05, 3.63) is 12.2 Å². The fraction of sp³-hybridized carbons (Fsp3) is 0.619. The first-order valence-corrected chi connectivity index (χ1v) is 10.4. The molecule has 0 aliphatic carbocycles. The average Bonchev–Trinajstić information content (AvgIpc) is 3.00. The Balaban J connectivity index is 2.44. The zero-order valence-electron chi connectivity index (χ0n) is 18.2. The van der Waals surface area contributed by atoms with E-state index in [2.05, 4.69) is 10.6 Å². The molecule has 1 heterocycles. The van der Waals surface area contributed by atoms with Crippen LogP contribution in [0.1, 0.15) is 59.3 Å². The fourth-order valence-corrected chi connectivity index (χ4v) is 3.07. The maximum Gasteiger partial charge on any atom is 0.303 e. The van der Waals surface area contributed by atoms with Gasteiger partial charge in [0.15, 0.2) is 5.78 Å². The predicted molar refractivity (Wildman–Crippen MR) is 111 cm³/mol. The Morgan fingerprint density at radius 2 is 1.58 bits per heavy atom. The summed E-state index contributed by atoms with van der Waals surface area (Å²) in [7, 11) is 0. The van der Waals surface area contributed by atoms with Gasteiger partial charge in [-0.2, -0.15) is 0 Å². The molecule has 1 aliphatic heterocycles. The lowest BCUT2D eigenvalue weighted by Gasteiger charge is -2.24. The van der Waals surface area contributed by atoms with E-state index in [0.29, 0.717) is 25.8 Å². The zero-order valence-corrected chi connectivity index (χ0v) is 18.2. The van der Waals surface area contributed by atoms with Crippen LogP contribution in [0.5, 0.6) is 0 Å². The maximum atomic E-state index is 12.6. The monoisotopic (exact) mass is 437 g/mol. The number of imide groups is 1. The van der Waals surface area contributed by atoms with Gasteiger partial charge in [0.25, 0.3) is 11.8 Å². The standard InChI is InChI=1S/C21H31N3O7/c1-13(2)20(21(31)22-15(14(3)25)8-11-19(29)30)23-16(26)7-5-4-6-12-24-17(27)9-10-18(24)28/h9-10,13,15,20H,4-8,11-12H2,1-3H3,(H,22,31)(H,23,26)(H,29,30)/t15-,20-/m0/s1. The SMILES string of the molecule is CC(=O)[C@H](CCC(=O)O)NC(=O)[C@@H](NC(=O)CCCCCN1C(=O)C=CC1=O)C(C)C. The van der Waals surface area contributed by atoms with Crippen LogP contribution in [-0.4, -0.2) is 64.0 Å². The Hall–Kier alpha value is -3.04. The van der Waals surface area contributed by atoms with Gasteiger partial charge < -0.3 is 15.7 Å². The Morgan fingerprint density at radius 3 is 2.10 bits per heavy atom. The van der Waals surface area contributed by atoms with Crippen LogP contribution in [0.4, 0.5) is 0 Å². The van der Waals surface area contributed by atoms with Crippen LogP contribution >= 0.6 is 0 Å². The summed E-state index contributed by atoms with van der Waals surface area (Å²) in [4.78, 5) is 71.3. The molecule has 0 radical (unpaired) electrons. The minimum absolute atomic E-state index is 0.0211. The molecule has 2 atom stereocenters. The van der Waals surface area contributed by atoms with Crippen molar-refractivity contribution in [2.24, 2.45) is 5.92 Å². The van der Waals surface area contributed by atoms with E-state index in [-0.39, 0.29) is 48.7 Å². The Kier molecular flexibility index (Phi) is 10.6. The molecule has 0 aromatic rings. The van der Waals surface area contributed by atoms with Crippen LogP contribution in [0.25, 0.3) is 0 Å². The summed E-state index contributed by atoms with van der Waals surface area (Å²) in [6, 6.07) is -1.78. The lowest BCUT2D eigenvalue weighted by molar-refractivity contribution is -0.138. The molecule has 172 valence electrons. The van der Waals surface area contributed by atoms with Crippen LogP contribution in [0.2, 0.25) is 0 Å². The normalized spacial score (nSPS) is 15.2. The molecule has 0 bridgehead atoms. The summed E-state index contributed by atoms with van der Waals surface area (Å²) in [5, 5.41) is 14.0. The molecule has 0 unspecified atom stereocenters. The number of rotatable bonds is 14. The zero-order chi connectivity index (χ0) is 23.6. The number of nitrogens with zero attached hydrogens (tertiary/aromatic N) is 1. The summed E-state index contributed by atoms with van der Waals surface area (Å²) in [6.45, 7) is 5.08. The summed E-state index contributed by atoms with van der Waals surface area (Å²) < 4.78 is 0. The number of carboxylic acid groups (broad SMARTS) is 1. The lowest BCUT2D eigenvalue weighted by Crippen LogP contribution is -2.53. The van der Waals surface area contributed by atoms with E-state index in [1.165, 1.54) is 19.1 Å². The quantitative estimate of drug-likeness (QED) is 0.265. The maximum absolute atomic E-state index is 12.6. The van der Waals surface area contributed by atoms with E-state index in [0.717, 1.165) is 4.90 Å². The number of aliphatic carboxylic acids is 1. The van der Waals surface area contributed by atoms with Gasteiger partial charge in [-0.15, -0.1) is 0 Å². The lowest BCUT2D eigenvalue weighted by atomic mass is 10.0. The van der Waals surface area contributed by atoms with Gasteiger partial charge in [0.1, 0.15) is 6.04 Å². The van der Waals surface area contributed by atoms with Gasteiger partial charge in [0.05, 0.1) is 6.04 Å². The van der Waals surface area contributed by atoms with E-state index in [1.807, 2.05) is 0 Å². The molecule has 1 rings (SSSR count). The highest BCUT2D eigenvalue weighted by molar-refractivity contribution is 6.12. The highest BCUT2D eigenvalue weighted by Gasteiger charge is 2.28. The number of carbonyl (C=O) groups excluding carboxylic acids is 5. The molecule has 0 saturated heterocycles. The molecular weight excluding hydrogens is 406 g/mol. The van der Waals surface area contributed by atoms with E-state index >= 15 is 0 Å². The summed E-state index contributed by atoms with van der Waals surface area (Å²) in [5.41, 5.74) is 0. The van der Waals surface area contributed by atoms with Gasteiger partial charge >= 0.3 is 5.97 Å². The molecule has 31 heavy (non-hydrogen) atoms. The van der Waals surface area contributed by atoms with Crippen molar-refractivity contribution in [2.45, 2.75) is 71.4 Å². The van der Waals surface area contributed by atoms with Crippen LogP contribution in [-0.2, 0) is 28.8 Å². The van der Waals surface area contributed by atoms with Gasteiger partial charge in [-0.3, -0.25) is 33.7 Å². The molecular formula is C21H31N3O7. The molecule has 10 nitrogen and oxygen atoms in total. The van der Waals surface area contributed by atoms with Crippen molar-refractivity contribution in [1.82, 2.24) is 15.5 Å². The first kappa shape index (κ1) is 26.0. The van der Waals surface area contributed by atoms with Crippen molar-refractivity contribution in [1.29, 1.82) is 0 Å². The average molecular weight is 437 g/mol. The Labute approximate surface area is 181 Å². The van der Waals surface area contributed by atoms with Crippen molar-refractivity contribution >= 4 is 35.4 Å². The topological polar surface area (TPSA) is 150 Å². The fourth-order valence-electron chi connectivity index (χ4n) is 3.07. The first-order valence-electron chi connectivity index (χ1n) is 10.4. The number of carbonyl (C=O) groups is 6. The Bertz CT molecular complexity index is 727. The van der Waals surface area contributed by atoms with Crippen molar-refractivity contribution in [3.63, 3.8) is 0 Å². The van der Waals surface area contributed by atoms with Crippen LogP contribution in [0.3, 0.4) is 0 Å². The highest BCUT2D eigenvalue weighted by Crippen LogP contribution is 2.09. The summed E-state index contributed by atoms with van der Waals surface area (Å²) in [6.07, 6.45) is 4.08. The van der Waals surface area contributed by atoms with E-state index in [1.54, 1.807) is 13.8 Å². The number of ketones is 1. The molecule has 0 saturated carbocycles. The second kappa shape index (κ2) is 12.6. The third-order valence-corrected chi connectivity index (χ3v) is 4.91. The number of hydrogen-bond acceptors (Lipinski definition) is 6. The van der Waals surface area contributed by atoms with E-state index in [9.17, 15) is 28.8 Å². The highest BCUT2D eigenvalue weighted by atomic mass is 16.4. The third-order valence-electron chi connectivity index (χ3n) is 4.91. The summed E-state index contributed by atoms with van der Waals surface area (Å²) in [5.74, 6) is -3.18. The molecule has 3 N–H and O–H groups in total. The number of nitrogens with one attached hydrogen (secondary N) is 2. The van der Waals surface area contributed by atoms with Crippen LogP contribution < -0.4 is 10.6 Å². The van der Waals surface area contributed by atoms with Gasteiger partial charge in [-0.05, 0) is 32.1 Å². The molecule has 4 amide bonds. The smallest absolute Gasteiger partial charge is 0.303 e. The molecule has 0 fully saturated rings. The van der Waals surface area contributed by atoms with Gasteiger partial charge in [-0.1, -0.05) is 20.3 Å². The van der Waals surface area contributed by atoms with E-state index < -0.39 is 24.0 Å². The van der Waals surface area contributed by atoms with E-state index in [4.69, 9.17) is 5.11 Å². The molecule has 0 spiro atoms. The molecule has 0 aromatic heterocycles. The number of Topliss-reactive ketones (excluding diaryl/α,β-unsaturated/α-hetero) is 1. The summed E-state index contributed by atoms with van der Waals surface area (Å²) >= 11 is 0. The van der Waals surface area contributed by atoms with Crippen LogP contribution in [0, 0.1) is 5.92 Å². The van der Waals surface area contributed by atoms with Gasteiger partial charge in [0, 0.05) is 31.5 Å². The van der Waals surface area contributed by atoms with Crippen LogP contribution in [0.15, 0.2) is 12.2 Å².